The lowest BCUT2D eigenvalue weighted by Gasteiger charge is -2.24. The number of carbonyl (C=O) groups excluding carboxylic acids is 1. The Hall–Kier alpha value is -1.83. The van der Waals surface area contributed by atoms with Crippen LogP contribution in [0.25, 0.3) is 5.78 Å². The van der Waals surface area contributed by atoms with Crippen molar-refractivity contribution in [1.82, 2.24) is 24.5 Å². The van der Waals surface area contributed by atoms with Crippen LogP contribution in [0.4, 0.5) is 4.79 Å². The van der Waals surface area contributed by atoms with E-state index in [1.807, 2.05) is 40.7 Å². The molecule has 2 aromatic heterocycles. The van der Waals surface area contributed by atoms with Gasteiger partial charge in [-0.2, -0.15) is 4.98 Å². The van der Waals surface area contributed by atoms with Gasteiger partial charge < -0.3 is 9.64 Å². The van der Waals surface area contributed by atoms with Gasteiger partial charge in [0.25, 0.3) is 5.78 Å². The van der Waals surface area contributed by atoms with Gasteiger partial charge in [0, 0.05) is 30.2 Å². The van der Waals surface area contributed by atoms with Gasteiger partial charge in [0.1, 0.15) is 5.60 Å². The molecule has 1 atom stereocenters. The van der Waals surface area contributed by atoms with Crippen LogP contribution in [0.3, 0.4) is 0 Å². The maximum atomic E-state index is 12.1. The summed E-state index contributed by atoms with van der Waals surface area (Å²) in [5, 5.41) is 5.25. The molecule has 1 amide bonds. The Kier molecular flexibility index (Phi) is 4.90. The van der Waals surface area contributed by atoms with Crippen molar-refractivity contribution in [3.8, 4) is 0 Å². The summed E-state index contributed by atoms with van der Waals surface area (Å²) in [6, 6.07) is 1.99. The first-order chi connectivity index (χ1) is 11.7. The van der Waals surface area contributed by atoms with Crippen molar-refractivity contribution < 1.29 is 9.53 Å². The minimum Gasteiger partial charge on any atom is -0.444 e. The van der Waals surface area contributed by atoms with Crippen molar-refractivity contribution in [2.24, 2.45) is 5.92 Å². The molecule has 1 aliphatic rings. The normalized spacial score (nSPS) is 18.1. The highest BCUT2D eigenvalue weighted by molar-refractivity contribution is 7.99. The number of thioether (sulfide) groups is 1. The highest BCUT2D eigenvalue weighted by atomic mass is 32.2. The summed E-state index contributed by atoms with van der Waals surface area (Å²) >= 11 is 1.62. The fraction of sp³-hybridized carbons (Fsp3) is 0.647. The van der Waals surface area contributed by atoms with Crippen molar-refractivity contribution >= 4 is 23.6 Å². The standard InChI is InChI=1S/C17H25N5O2S/c1-11-8-12(2)22-14(18-11)19-15(20-22)25-10-13-6-7-21(9-13)16(23)24-17(3,4)5/h8,13H,6-7,9-10H2,1-5H3. The molecule has 8 heteroatoms. The van der Waals surface area contributed by atoms with Crippen LogP contribution in [0, 0.1) is 19.8 Å². The van der Waals surface area contributed by atoms with Gasteiger partial charge in [0.15, 0.2) is 0 Å². The first-order valence-electron chi connectivity index (χ1n) is 8.53. The monoisotopic (exact) mass is 363 g/mol. The van der Waals surface area contributed by atoms with Gasteiger partial charge in [0.2, 0.25) is 5.16 Å². The zero-order valence-corrected chi connectivity index (χ0v) is 16.3. The van der Waals surface area contributed by atoms with E-state index < -0.39 is 5.60 Å². The van der Waals surface area contributed by atoms with E-state index in [4.69, 9.17) is 4.74 Å². The summed E-state index contributed by atoms with van der Waals surface area (Å²) in [5.41, 5.74) is 1.52. The third-order valence-corrected chi connectivity index (χ3v) is 5.05. The largest absolute Gasteiger partial charge is 0.444 e. The lowest BCUT2D eigenvalue weighted by molar-refractivity contribution is 0.0289. The van der Waals surface area contributed by atoms with Crippen LogP contribution in [-0.2, 0) is 4.74 Å². The molecule has 0 saturated carbocycles. The Morgan fingerprint density at radius 1 is 1.36 bits per heavy atom. The molecule has 1 saturated heterocycles. The van der Waals surface area contributed by atoms with E-state index in [1.165, 1.54) is 0 Å². The van der Waals surface area contributed by atoms with Crippen LogP contribution < -0.4 is 0 Å². The molecule has 136 valence electrons. The summed E-state index contributed by atoms with van der Waals surface area (Å²) in [6.07, 6.45) is 0.761. The van der Waals surface area contributed by atoms with Crippen molar-refractivity contribution in [3.63, 3.8) is 0 Å². The second kappa shape index (κ2) is 6.82. The molecule has 3 heterocycles. The van der Waals surface area contributed by atoms with Crippen LogP contribution >= 0.6 is 11.8 Å². The third-order valence-electron chi connectivity index (χ3n) is 3.98. The summed E-state index contributed by atoms with van der Waals surface area (Å²) in [7, 11) is 0. The van der Waals surface area contributed by atoms with Gasteiger partial charge in [-0.05, 0) is 53.0 Å². The molecule has 25 heavy (non-hydrogen) atoms. The maximum Gasteiger partial charge on any atom is 0.410 e. The van der Waals surface area contributed by atoms with Gasteiger partial charge in [0.05, 0.1) is 0 Å². The SMILES string of the molecule is Cc1cc(C)n2nc(SCC3CCN(C(=O)OC(C)(C)C)C3)nc2n1. The quantitative estimate of drug-likeness (QED) is 0.780. The van der Waals surface area contributed by atoms with Crippen LogP contribution in [0.15, 0.2) is 11.2 Å². The van der Waals surface area contributed by atoms with E-state index in [9.17, 15) is 4.79 Å². The lowest BCUT2D eigenvalue weighted by Crippen LogP contribution is -2.35. The number of ether oxygens (including phenoxy) is 1. The van der Waals surface area contributed by atoms with Crippen molar-refractivity contribution in [1.29, 1.82) is 0 Å². The molecule has 0 radical (unpaired) electrons. The van der Waals surface area contributed by atoms with Gasteiger partial charge in [-0.15, -0.1) is 5.10 Å². The van der Waals surface area contributed by atoms with Crippen molar-refractivity contribution in [2.75, 3.05) is 18.8 Å². The van der Waals surface area contributed by atoms with E-state index in [2.05, 4.69) is 15.1 Å². The predicted octanol–water partition coefficient (Wildman–Crippen LogP) is 3.09. The second-order valence-corrected chi connectivity index (χ2v) is 8.52. The summed E-state index contributed by atoms with van der Waals surface area (Å²) < 4.78 is 7.22. The Morgan fingerprint density at radius 3 is 2.84 bits per heavy atom. The third kappa shape index (κ3) is 4.42. The Morgan fingerprint density at radius 2 is 2.12 bits per heavy atom. The fourth-order valence-corrected chi connectivity index (χ4v) is 3.80. The molecule has 1 fully saturated rings. The molecular formula is C17H25N5O2S. The first kappa shape index (κ1) is 18.0. The molecule has 0 aliphatic carbocycles. The lowest BCUT2D eigenvalue weighted by atomic mass is 10.2. The van der Waals surface area contributed by atoms with E-state index in [1.54, 1.807) is 21.2 Å². The fourth-order valence-electron chi connectivity index (χ4n) is 2.86. The Balaban J connectivity index is 1.56. The number of amides is 1. The van der Waals surface area contributed by atoms with Crippen LogP contribution in [0.5, 0.6) is 0 Å². The average Bonchev–Trinajstić information content (AvgIpc) is 3.09. The highest BCUT2D eigenvalue weighted by Gasteiger charge is 2.30. The summed E-state index contributed by atoms with van der Waals surface area (Å²) in [4.78, 5) is 22.8. The number of aryl methyl sites for hydroxylation is 2. The number of rotatable bonds is 3. The molecule has 0 bridgehead atoms. The zero-order chi connectivity index (χ0) is 18.2. The van der Waals surface area contributed by atoms with Crippen molar-refractivity contribution in [2.45, 2.75) is 51.8 Å². The minimum atomic E-state index is -0.451. The molecule has 0 N–H and O–H groups in total. The summed E-state index contributed by atoms with van der Waals surface area (Å²) in [5.74, 6) is 1.95. The number of hydrogen-bond donors (Lipinski definition) is 0. The molecule has 2 aromatic rings. The number of carbonyl (C=O) groups is 1. The van der Waals surface area contributed by atoms with Gasteiger partial charge in [-0.25, -0.2) is 14.3 Å². The number of fused-ring (bicyclic) bond motifs is 1. The van der Waals surface area contributed by atoms with Crippen LogP contribution in [-0.4, -0.2) is 55.0 Å². The van der Waals surface area contributed by atoms with Crippen molar-refractivity contribution in [3.05, 3.63) is 17.5 Å². The first-order valence-corrected chi connectivity index (χ1v) is 9.51. The van der Waals surface area contributed by atoms with E-state index in [0.29, 0.717) is 11.7 Å². The Labute approximate surface area is 152 Å². The van der Waals surface area contributed by atoms with E-state index in [-0.39, 0.29) is 6.09 Å². The summed E-state index contributed by atoms with van der Waals surface area (Å²) in [6.45, 7) is 11.1. The predicted molar refractivity (Wildman–Crippen MR) is 96.9 cm³/mol. The van der Waals surface area contributed by atoms with Gasteiger partial charge in [-0.1, -0.05) is 11.8 Å². The van der Waals surface area contributed by atoms with E-state index in [0.717, 1.165) is 41.8 Å². The van der Waals surface area contributed by atoms with Gasteiger partial charge in [-0.3, -0.25) is 0 Å². The molecule has 7 nitrogen and oxygen atoms in total. The average molecular weight is 363 g/mol. The Bertz CT molecular complexity index is 783. The molecule has 1 aliphatic heterocycles. The molecule has 1 unspecified atom stereocenters. The minimum absolute atomic E-state index is 0.221. The van der Waals surface area contributed by atoms with E-state index >= 15 is 0 Å². The highest BCUT2D eigenvalue weighted by Crippen LogP contribution is 2.25. The number of aromatic nitrogens is 4. The molecule has 0 aromatic carbocycles. The van der Waals surface area contributed by atoms with Crippen LogP contribution in [0.2, 0.25) is 0 Å². The number of likely N-dealkylation sites (tertiary alicyclic amines) is 1. The molecule has 3 rings (SSSR count). The molecular weight excluding hydrogens is 338 g/mol. The van der Waals surface area contributed by atoms with Gasteiger partial charge >= 0.3 is 6.09 Å². The molecule has 0 spiro atoms. The second-order valence-electron chi connectivity index (χ2n) is 7.54. The topological polar surface area (TPSA) is 72.6 Å². The van der Waals surface area contributed by atoms with Crippen LogP contribution in [0.1, 0.15) is 38.6 Å². The smallest absolute Gasteiger partial charge is 0.410 e. The zero-order valence-electron chi connectivity index (χ0n) is 15.4. The number of nitrogens with zero attached hydrogens (tertiary/aromatic N) is 5. The maximum absolute atomic E-state index is 12.1. The number of hydrogen-bond acceptors (Lipinski definition) is 6.